The minimum Gasteiger partial charge on any atom is -0.346 e. The van der Waals surface area contributed by atoms with Crippen LogP contribution in [0.4, 0.5) is 13.2 Å². The molecule has 0 unspecified atom stereocenters. The van der Waals surface area contributed by atoms with Crippen molar-refractivity contribution in [1.82, 2.24) is 20.1 Å². The number of carbonyl (C=O) groups is 1. The Bertz CT molecular complexity index is 907. The first-order valence-electron chi connectivity index (χ1n) is 7.78. The van der Waals surface area contributed by atoms with Gasteiger partial charge in [0.25, 0.3) is 5.91 Å². The molecule has 134 valence electrons. The molecule has 0 fully saturated rings. The summed E-state index contributed by atoms with van der Waals surface area (Å²) in [5.41, 5.74) is 0.257. The SMILES string of the molecule is C[C@H](NC(=O)c1cccc(-n2cnnc2)c1)c1ccccc1C(F)(F)F. The topological polar surface area (TPSA) is 59.8 Å². The van der Waals surface area contributed by atoms with Crippen molar-refractivity contribution in [3.8, 4) is 5.69 Å². The van der Waals surface area contributed by atoms with Gasteiger partial charge in [0.1, 0.15) is 12.7 Å². The van der Waals surface area contributed by atoms with Crippen LogP contribution in [0, 0.1) is 0 Å². The van der Waals surface area contributed by atoms with E-state index in [1.807, 2.05) is 0 Å². The van der Waals surface area contributed by atoms with Gasteiger partial charge in [0, 0.05) is 11.3 Å². The molecule has 0 spiro atoms. The molecule has 3 aromatic rings. The molecule has 0 saturated heterocycles. The van der Waals surface area contributed by atoms with Crippen molar-refractivity contribution in [1.29, 1.82) is 0 Å². The van der Waals surface area contributed by atoms with E-state index >= 15 is 0 Å². The molecular formula is C18H15F3N4O. The molecule has 2 aromatic carbocycles. The van der Waals surface area contributed by atoms with Gasteiger partial charge >= 0.3 is 6.18 Å². The van der Waals surface area contributed by atoms with Crippen molar-refractivity contribution in [2.45, 2.75) is 19.1 Å². The summed E-state index contributed by atoms with van der Waals surface area (Å²) in [6, 6.07) is 11.0. The third-order valence-corrected chi connectivity index (χ3v) is 3.91. The molecule has 1 atom stereocenters. The molecular weight excluding hydrogens is 345 g/mol. The first-order valence-corrected chi connectivity index (χ1v) is 7.78. The highest BCUT2D eigenvalue weighted by molar-refractivity contribution is 5.95. The molecule has 1 amide bonds. The number of hydrogen-bond donors (Lipinski definition) is 1. The van der Waals surface area contributed by atoms with E-state index in [-0.39, 0.29) is 5.56 Å². The number of nitrogens with zero attached hydrogens (tertiary/aromatic N) is 3. The van der Waals surface area contributed by atoms with Gasteiger partial charge in [-0.05, 0) is 36.8 Å². The summed E-state index contributed by atoms with van der Waals surface area (Å²) >= 11 is 0. The van der Waals surface area contributed by atoms with Gasteiger partial charge in [0.05, 0.1) is 11.6 Å². The molecule has 0 aliphatic heterocycles. The van der Waals surface area contributed by atoms with Crippen molar-refractivity contribution in [2.24, 2.45) is 0 Å². The number of rotatable bonds is 4. The van der Waals surface area contributed by atoms with Crippen LogP contribution in [0.25, 0.3) is 5.69 Å². The third-order valence-electron chi connectivity index (χ3n) is 3.91. The number of hydrogen-bond acceptors (Lipinski definition) is 3. The van der Waals surface area contributed by atoms with Crippen LogP contribution in [-0.4, -0.2) is 20.7 Å². The van der Waals surface area contributed by atoms with E-state index < -0.39 is 23.7 Å². The average molecular weight is 360 g/mol. The van der Waals surface area contributed by atoms with E-state index in [4.69, 9.17) is 0 Å². The number of aromatic nitrogens is 3. The quantitative estimate of drug-likeness (QED) is 0.770. The van der Waals surface area contributed by atoms with Gasteiger partial charge in [-0.15, -0.1) is 10.2 Å². The first-order chi connectivity index (χ1) is 12.4. The van der Waals surface area contributed by atoms with Crippen LogP contribution in [0.3, 0.4) is 0 Å². The minimum atomic E-state index is -4.48. The summed E-state index contributed by atoms with van der Waals surface area (Å²) in [4.78, 5) is 12.5. The lowest BCUT2D eigenvalue weighted by Gasteiger charge is -2.19. The molecule has 0 radical (unpaired) electrons. The van der Waals surface area contributed by atoms with Crippen molar-refractivity contribution in [3.05, 3.63) is 77.9 Å². The molecule has 0 bridgehead atoms. The van der Waals surface area contributed by atoms with Crippen molar-refractivity contribution < 1.29 is 18.0 Å². The van der Waals surface area contributed by atoms with Crippen molar-refractivity contribution in [2.75, 3.05) is 0 Å². The van der Waals surface area contributed by atoms with E-state index in [0.717, 1.165) is 6.07 Å². The Kier molecular flexibility index (Phi) is 4.75. The van der Waals surface area contributed by atoms with Gasteiger partial charge in [0.15, 0.2) is 0 Å². The third kappa shape index (κ3) is 3.74. The smallest absolute Gasteiger partial charge is 0.346 e. The Morgan fingerprint density at radius 3 is 2.46 bits per heavy atom. The number of nitrogens with one attached hydrogen (secondary N) is 1. The van der Waals surface area contributed by atoms with Crippen molar-refractivity contribution >= 4 is 5.91 Å². The van der Waals surface area contributed by atoms with E-state index in [2.05, 4.69) is 15.5 Å². The maximum absolute atomic E-state index is 13.2. The second-order valence-electron chi connectivity index (χ2n) is 5.70. The van der Waals surface area contributed by atoms with Gasteiger partial charge in [-0.3, -0.25) is 9.36 Å². The zero-order valence-electron chi connectivity index (χ0n) is 13.7. The fourth-order valence-electron chi connectivity index (χ4n) is 2.63. The Morgan fingerprint density at radius 1 is 1.08 bits per heavy atom. The summed E-state index contributed by atoms with van der Waals surface area (Å²) in [5.74, 6) is -0.468. The van der Waals surface area contributed by atoms with E-state index in [0.29, 0.717) is 11.3 Å². The van der Waals surface area contributed by atoms with E-state index in [1.165, 1.54) is 37.8 Å². The average Bonchev–Trinajstić information content (AvgIpc) is 3.16. The standard InChI is InChI=1S/C18H15F3N4O/c1-12(15-7-2-3-8-16(15)18(19,20)21)24-17(26)13-5-4-6-14(9-13)25-10-22-23-11-25/h2-12H,1H3,(H,24,26)/t12-/m0/s1. The highest BCUT2D eigenvalue weighted by atomic mass is 19.4. The number of amides is 1. The fraction of sp³-hybridized carbons (Fsp3) is 0.167. The Hall–Kier alpha value is -3.16. The molecule has 8 heteroatoms. The second-order valence-corrected chi connectivity index (χ2v) is 5.70. The number of halogens is 3. The molecule has 26 heavy (non-hydrogen) atoms. The van der Waals surface area contributed by atoms with Crippen LogP contribution in [0.15, 0.2) is 61.2 Å². The fourth-order valence-corrected chi connectivity index (χ4v) is 2.63. The van der Waals surface area contributed by atoms with Crippen LogP contribution in [0.2, 0.25) is 0 Å². The van der Waals surface area contributed by atoms with Crippen LogP contribution in [-0.2, 0) is 6.18 Å². The summed E-state index contributed by atoms with van der Waals surface area (Å²) in [6.45, 7) is 1.52. The van der Waals surface area contributed by atoms with Gasteiger partial charge < -0.3 is 5.32 Å². The van der Waals surface area contributed by atoms with Crippen LogP contribution in [0.5, 0.6) is 0 Å². The van der Waals surface area contributed by atoms with Crippen LogP contribution in [0.1, 0.15) is 34.5 Å². The first kappa shape index (κ1) is 17.7. The molecule has 0 aliphatic carbocycles. The summed E-state index contributed by atoms with van der Waals surface area (Å²) in [5, 5.41) is 10.0. The lowest BCUT2D eigenvalue weighted by Crippen LogP contribution is -2.28. The predicted octanol–water partition coefficient (Wildman–Crippen LogP) is 3.78. The lowest BCUT2D eigenvalue weighted by atomic mass is 10.0. The molecule has 1 heterocycles. The zero-order valence-corrected chi connectivity index (χ0v) is 13.7. The summed E-state index contributed by atoms with van der Waals surface area (Å²) in [7, 11) is 0. The molecule has 5 nitrogen and oxygen atoms in total. The van der Waals surface area contributed by atoms with E-state index in [1.54, 1.807) is 28.8 Å². The van der Waals surface area contributed by atoms with Gasteiger partial charge in [0.2, 0.25) is 0 Å². The second kappa shape index (κ2) is 6.99. The minimum absolute atomic E-state index is 0.0170. The van der Waals surface area contributed by atoms with Crippen LogP contribution >= 0.6 is 0 Å². The monoisotopic (exact) mass is 360 g/mol. The lowest BCUT2D eigenvalue weighted by molar-refractivity contribution is -0.138. The summed E-state index contributed by atoms with van der Waals surface area (Å²) < 4.78 is 41.1. The molecule has 0 aliphatic rings. The molecule has 3 rings (SSSR count). The largest absolute Gasteiger partial charge is 0.416 e. The Morgan fingerprint density at radius 2 is 1.77 bits per heavy atom. The predicted molar refractivity (Wildman–Crippen MR) is 88.7 cm³/mol. The Labute approximate surface area is 147 Å². The molecule has 0 saturated carbocycles. The van der Waals surface area contributed by atoms with Crippen LogP contribution < -0.4 is 5.32 Å². The molecule has 1 aromatic heterocycles. The van der Waals surface area contributed by atoms with Gasteiger partial charge in [-0.1, -0.05) is 24.3 Å². The van der Waals surface area contributed by atoms with Crippen molar-refractivity contribution in [3.63, 3.8) is 0 Å². The maximum Gasteiger partial charge on any atom is 0.416 e. The van der Waals surface area contributed by atoms with Gasteiger partial charge in [-0.2, -0.15) is 13.2 Å². The zero-order chi connectivity index (χ0) is 18.7. The highest BCUT2D eigenvalue weighted by Crippen LogP contribution is 2.34. The number of benzene rings is 2. The molecule has 1 N–H and O–H groups in total. The Balaban J connectivity index is 1.82. The van der Waals surface area contributed by atoms with Gasteiger partial charge in [-0.25, -0.2) is 0 Å². The number of alkyl halides is 3. The van der Waals surface area contributed by atoms with E-state index in [9.17, 15) is 18.0 Å². The number of carbonyl (C=O) groups excluding carboxylic acids is 1. The summed E-state index contributed by atoms with van der Waals surface area (Å²) in [6.07, 6.45) is -1.51. The highest BCUT2D eigenvalue weighted by Gasteiger charge is 2.34. The normalized spacial score (nSPS) is 12.6. The maximum atomic E-state index is 13.2.